The summed E-state index contributed by atoms with van der Waals surface area (Å²) in [6, 6.07) is 0. The van der Waals surface area contributed by atoms with E-state index in [-0.39, 0.29) is 0 Å². The third-order valence-electron chi connectivity index (χ3n) is 1.91. The van der Waals surface area contributed by atoms with Gasteiger partial charge >= 0.3 is 0 Å². The van der Waals surface area contributed by atoms with Gasteiger partial charge < -0.3 is 5.73 Å². The quantitative estimate of drug-likeness (QED) is 0.650. The number of hydrogen-bond donors (Lipinski definition) is 1. The van der Waals surface area contributed by atoms with Crippen LogP contribution in [0.4, 0.5) is 19.4 Å². The van der Waals surface area contributed by atoms with Crippen molar-refractivity contribution in [3.8, 4) is 0 Å². The van der Waals surface area contributed by atoms with Gasteiger partial charge in [0.1, 0.15) is 0 Å². The second kappa shape index (κ2) is 7.76. The lowest BCUT2D eigenvalue weighted by Crippen LogP contribution is -2.15. The van der Waals surface area contributed by atoms with Crippen molar-refractivity contribution in [1.82, 2.24) is 0 Å². The molecule has 12 heteroatoms. The summed E-state index contributed by atoms with van der Waals surface area (Å²) in [5.74, 6) is -1.28. The number of hydrogen-bond acceptors (Lipinski definition) is 6. The Hall–Kier alpha value is 0.0900. The number of carbonyl (C=O) groups is 1. The van der Waals surface area contributed by atoms with Crippen LogP contribution < -0.4 is 5.73 Å². The summed E-state index contributed by atoms with van der Waals surface area (Å²) < 4.78 is 64.0. The number of rotatable bonds is 6. The average Bonchev–Trinajstić information content (AvgIpc) is 2.43. The Morgan fingerprint density at radius 2 is 0.947 bits per heavy atom. The van der Waals surface area contributed by atoms with Gasteiger partial charge in [-0.25, -0.2) is 0 Å². The Morgan fingerprint density at radius 3 is 1.16 bits per heavy atom. The molecule has 0 fully saturated rings. The van der Waals surface area contributed by atoms with E-state index in [1.54, 1.807) is 0 Å². The summed E-state index contributed by atoms with van der Waals surface area (Å²) >= 11 is -2.96. The van der Waals surface area contributed by atoms with Gasteiger partial charge in [-0.05, 0) is 0 Å². The monoisotopic (exact) mass is 371 g/mol. The summed E-state index contributed by atoms with van der Waals surface area (Å²) in [6.07, 6.45) is 0. The standard InChI is InChI=1S/C7H2F5NOS5/c8-15-2-1(7(13)14)3(16-9)5(18-11)6(19-12)4(2)17-10/h(H2,13,14). The zero-order valence-electron chi connectivity index (χ0n) is 8.42. The van der Waals surface area contributed by atoms with Crippen LogP contribution >= 0.6 is 60.7 Å². The highest BCUT2D eigenvalue weighted by Gasteiger charge is 2.30. The molecule has 2 N–H and O–H groups in total. The first-order chi connectivity index (χ1) is 9.06. The molecule has 0 heterocycles. The molecule has 0 aliphatic rings. The normalized spacial score (nSPS) is 10.8. The molecule has 1 amide bonds. The molecular weight excluding hydrogens is 369 g/mol. The Kier molecular flexibility index (Phi) is 7.00. The van der Waals surface area contributed by atoms with Crippen LogP contribution in [0.5, 0.6) is 0 Å². The molecule has 0 radical (unpaired) electrons. The first kappa shape index (κ1) is 17.1. The van der Waals surface area contributed by atoms with E-state index < -0.39 is 96.7 Å². The number of amides is 1. The van der Waals surface area contributed by atoms with Gasteiger partial charge in [0.15, 0.2) is 0 Å². The smallest absolute Gasteiger partial charge is 0.251 e. The second-order valence-corrected chi connectivity index (χ2v) is 5.58. The lowest BCUT2D eigenvalue weighted by molar-refractivity contribution is 0.0993. The van der Waals surface area contributed by atoms with Gasteiger partial charge in [0, 0.05) is 0 Å². The molecule has 0 atom stereocenters. The predicted octanol–water partition coefficient (Wildman–Crippen LogP) is 5.67. The van der Waals surface area contributed by atoms with E-state index in [1.807, 2.05) is 0 Å². The van der Waals surface area contributed by atoms with E-state index in [2.05, 4.69) is 0 Å². The van der Waals surface area contributed by atoms with Crippen molar-refractivity contribution in [3.63, 3.8) is 0 Å². The molecule has 0 aliphatic carbocycles. The molecule has 0 unspecified atom stereocenters. The molecule has 1 aromatic carbocycles. The Labute approximate surface area is 126 Å². The minimum Gasteiger partial charge on any atom is -0.366 e. The van der Waals surface area contributed by atoms with E-state index >= 15 is 0 Å². The third kappa shape index (κ3) is 3.23. The van der Waals surface area contributed by atoms with Crippen LogP contribution in [0.2, 0.25) is 0 Å². The number of halogens is 5. The van der Waals surface area contributed by atoms with Crippen LogP contribution in [0, 0.1) is 0 Å². The summed E-state index contributed by atoms with van der Waals surface area (Å²) in [4.78, 5) is 7.86. The SMILES string of the molecule is NC(=O)c1c(SF)c(SF)c(SF)c(SF)c1SF. The molecule has 19 heavy (non-hydrogen) atoms. The average molecular weight is 371 g/mol. The predicted molar refractivity (Wildman–Crippen MR) is 69.8 cm³/mol. The van der Waals surface area contributed by atoms with Gasteiger partial charge in [-0.15, -0.1) is 0 Å². The van der Waals surface area contributed by atoms with Crippen molar-refractivity contribution >= 4 is 66.6 Å². The molecule has 106 valence electrons. The molecular formula is C7H2F5NOS5. The van der Waals surface area contributed by atoms with Crippen LogP contribution in [-0.4, -0.2) is 5.91 Å². The van der Waals surface area contributed by atoms with Crippen molar-refractivity contribution in [2.24, 2.45) is 5.73 Å². The second-order valence-electron chi connectivity index (χ2n) is 2.77. The van der Waals surface area contributed by atoms with Gasteiger partial charge in [0.2, 0.25) is 0 Å². The molecule has 1 aromatic rings. The maximum Gasteiger partial charge on any atom is 0.251 e. The molecule has 0 spiro atoms. The van der Waals surface area contributed by atoms with Crippen LogP contribution in [0.3, 0.4) is 0 Å². The van der Waals surface area contributed by atoms with Crippen LogP contribution in [-0.2, 0) is 0 Å². The number of carbonyl (C=O) groups excluding carboxylic acids is 1. The van der Waals surface area contributed by atoms with E-state index in [0.29, 0.717) is 0 Å². The van der Waals surface area contributed by atoms with Crippen LogP contribution in [0.1, 0.15) is 10.4 Å². The highest BCUT2D eigenvalue weighted by Crippen LogP contribution is 2.51. The number of primary amides is 1. The zero-order chi connectivity index (χ0) is 14.6. The third-order valence-corrected chi connectivity index (χ3v) is 5.24. The first-order valence-corrected chi connectivity index (χ1v) is 7.62. The van der Waals surface area contributed by atoms with Gasteiger partial charge in [0.05, 0.1) is 90.8 Å². The van der Waals surface area contributed by atoms with Gasteiger partial charge in [0.25, 0.3) is 5.91 Å². The highest BCUT2D eigenvalue weighted by atomic mass is 32.2. The highest BCUT2D eigenvalue weighted by molar-refractivity contribution is 8.00. The molecule has 1 rings (SSSR count). The Balaban J connectivity index is 3.85. The summed E-state index contributed by atoms with van der Waals surface area (Å²) in [5.41, 5.74) is 4.22. The lowest BCUT2D eigenvalue weighted by atomic mass is 10.2. The summed E-state index contributed by atoms with van der Waals surface area (Å²) in [7, 11) is 0. The first-order valence-electron chi connectivity index (χ1n) is 4.03. The van der Waals surface area contributed by atoms with E-state index in [0.717, 1.165) is 0 Å². The van der Waals surface area contributed by atoms with Crippen molar-refractivity contribution in [2.45, 2.75) is 24.5 Å². The van der Waals surface area contributed by atoms with E-state index in [1.165, 1.54) is 0 Å². The maximum absolute atomic E-state index is 12.8. The maximum atomic E-state index is 12.8. The fourth-order valence-electron chi connectivity index (χ4n) is 1.22. The van der Waals surface area contributed by atoms with Gasteiger partial charge in [-0.3, -0.25) is 4.79 Å². The van der Waals surface area contributed by atoms with Crippen LogP contribution in [0.15, 0.2) is 24.5 Å². The fraction of sp³-hybridized carbons (Fsp3) is 0. The number of nitrogens with two attached hydrogens (primary N) is 1. The van der Waals surface area contributed by atoms with Crippen LogP contribution in [0.25, 0.3) is 0 Å². The van der Waals surface area contributed by atoms with Gasteiger partial charge in [-0.2, -0.15) is 19.4 Å². The lowest BCUT2D eigenvalue weighted by Gasteiger charge is -2.15. The minimum atomic E-state index is -1.28. The van der Waals surface area contributed by atoms with Crippen molar-refractivity contribution in [1.29, 1.82) is 0 Å². The molecule has 0 saturated heterocycles. The topological polar surface area (TPSA) is 43.1 Å². The summed E-state index contributed by atoms with van der Waals surface area (Å²) in [6.45, 7) is 0. The zero-order valence-corrected chi connectivity index (χ0v) is 12.5. The fourth-order valence-corrected chi connectivity index (χ4v) is 4.17. The van der Waals surface area contributed by atoms with E-state index in [9.17, 15) is 24.2 Å². The van der Waals surface area contributed by atoms with Crippen molar-refractivity contribution < 1.29 is 24.2 Å². The molecule has 0 aliphatic heterocycles. The molecule has 0 saturated carbocycles. The molecule has 0 bridgehead atoms. The van der Waals surface area contributed by atoms with Crippen molar-refractivity contribution in [3.05, 3.63) is 5.56 Å². The van der Waals surface area contributed by atoms with Crippen molar-refractivity contribution in [2.75, 3.05) is 0 Å². The summed E-state index contributed by atoms with van der Waals surface area (Å²) in [5, 5.41) is 0. The largest absolute Gasteiger partial charge is 0.366 e. The van der Waals surface area contributed by atoms with Gasteiger partial charge in [-0.1, -0.05) is 0 Å². The molecule has 0 aromatic heterocycles. The molecule has 2 nitrogen and oxygen atoms in total. The Bertz CT molecular complexity index is 468. The minimum absolute atomic E-state index is 0.583. The Morgan fingerprint density at radius 1 is 0.684 bits per heavy atom. The van der Waals surface area contributed by atoms with E-state index in [4.69, 9.17) is 5.73 Å². The number of benzene rings is 1.